The number of aromatic nitrogens is 4. The molecule has 4 rings (SSSR count). The lowest BCUT2D eigenvalue weighted by Gasteiger charge is -2.15. The molecule has 35 heavy (non-hydrogen) atoms. The van der Waals surface area contributed by atoms with Crippen LogP contribution in [-0.2, 0) is 10.0 Å². The lowest BCUT2D eigenvalue weighted by molar-refractivity contribution is 0.0543. The van der Waals surface area contributed by atoms with E-state index in [1.54, 1.807) is 30.3 Å². The van der Waals surface area contributed by atoms with Crippen molar-refractivity contribution in [2.75, 3.05) is 19.4 Å². The molecule has 0 saturated carbocycles. The second-order valence-corrected chi connectivity index (χ2v) is 10.1. The molecule has 0 aliphatic heterocycles. The fraction of sp³-hybridized carbons (Fsp3) is 0.174. The van der Waals surface area contributed by atoms with E-state index in [0.29, 0.717) is 17.1 Å². The van der Waals surface area contributed by atoms with Crippen LogP contribution >= 0.6 is 0 Å². The first-order valence-electron chi connectivity index (χ1n) is 10.4. The minimum atomic E-state index is -3.68. The summed E-state index contributed by atoms with van der Waals surface area (Å²) in [5, 5.41) is 10.8. The summed E-state index contributed by atoms with van der Waals surface area (Å²) in [5.41, 5.74) is 1.03. The molecule has 4 aromatic rings. The lowest BCUT2D eigenvalue weighted by atomic mass is 10.2. The van der Waals surface area contributed by atoms with Gasteiger partial charge in [-0.3, -0.25) is 4.79 Å². The van der Waals surface area contributed by atoms with Crippen molar-refractivity contribution < 1.29 is 17.2 Å². The zero-order valence-corrected chi connectivity index (χ0v) is 19.9. The maximum atomic E-state index is 13.4. The Balaban J connectivity index is 1.78. The van der Waals surface area contributed by atoms with Gasteiger partial charge < -0.3 is 5.32 Å². The third-order valence-corrected chi connectivity index (χ3v) is 6.82. The molecular formula is C23H22F2N6O3S. The highest BCUT2D eigenvalue weighted by Gasteiger charge is 2.21. The first-order chi connectivity index (χ1) is 16.5. The predicted molar refractivity (Wildman–Crippen MR) is 128 cm³/mol. The van der Waals surface area contributed by atoms with Crippen LogP contribution in [0.25, 0.3) is 22.8 Å². The van der Waals surface area contributed by atoms with Gasteiger partial charge in [0.25, 0.3) is 0 Å². The van der Waals surface area contributed by atoms with Crippen LogP contribution in [0.3, 0.4) is 0 Å². The smallest absolute Gasteiger partial charge is 0.320 e. The Morgan fingerprint density at radius 1 is 1.00 bits per heavy atom. The maximum absolute atomic E-state index is 13.4. The Kier molecular flexibility index (Phi) is 6.26. The molecule has 0 unspecified atom stereocenters. The highest BCUT2D eigenvalue weighted by molar-refractivity contribution is 7.89. The Morgan fingerprint density at radius 2 is 1.71 bits per heavy atom. The van der Waals surface area contributed by atoms with E-state index in [-0.39, 0.29) is 16.3 Å². The van der Waals surface area contributed by atoms with Gasteiger partial charge in [-0.25, -0.2) is 22.1 Å². The first-order valence-corrected chi connectivity index (χ1v) is 11.8. The van der Waals surface area contributed by atoms with Crippen LogP contribution in [0.1, 0.15) is 6.92 Å². The second-order valence-electron chi connectivity index (χ2n) is 7.95. The van der Waals surface area contributed by atoms with Crippen LogP contribution in [0.4, 0.5) is 14.5 Å². The molecule has 0 fully saturated rings. The minimum absolute atomic E-state index is 0.0463. The number of hydrogen-bond donors (Lipinski definition) is 1. The van der Waals surface area contributed by atoms with Gasteiger partial charge in [0.05, 0.1) is 28.2 Å². The summed E-state index contributed by atoms with van der Waals surface area (Å²) in [6, 6.07) is 12.2. The molecule has 0 aliphatic carbocycles. The average Bonchev–Trinajstić information content (AvgIpc) is 3.28. The Hall–Kier alpha value is -3.90. The van der Waals surface area contributed by atoms with Crippen LogP contribution in [0.2, 0.25) is 0 Å². The van der Waals surface area contributed by atoms with Crippen molar-refractivity contribution in [3.05, 3.63) is 83.3 Å². The van der Waals surface area contributed by atoms with Gasteiger partial charge in [-0.2, -0.15) is 19.0 Å². The van der Waals surface area contributed by atoms with Crippen LogP contribution < -0.4 is 10.7 Å². The molecule has 12 heteroatoms. The normalized spacial score (nSPS) is 12.2. The molecule has 0 saturated heterocycles. The molecule has 0 aliphatic rings. The average molecular weight is 501 g/mol. The maximum Gasteiger partial charge on any atom is 0.320 e. The summed E-state index contributed by atoms with van der Waals surface area (Å²) in [6.07, 6.45) is 2.90. The van der Waals surface area contributed by atoms with E-state index in [9.17, 15) is 22.0 Å². The third kappa shape index (κ3) is 5.12. The number of benzene rings is 2. The van der Waals surface area contributed by atoms with Gasteiger partial charge in [-0.15, -0.1) is 0 Å². The monoisotopic (exact) mass is 500 g/mol. The van der Waals surface area contributed by atoms with Gasteiger partial charge in [0.2, 0.25) is 15.5 Å². The van der Waals surface area contributed by atoms with E-state index >= 15 is 0 Å². The van der Waals surface area contributed by atoms with Crippen LogP contribution in [-0.4, -0.2) is 52.4 Å². The number of hydrogen-bond acceptors (Lipinski definition) is 6. The van der Waals surface area contributed by atoms with Gasteiger partial charge >= 0.3 is 6.05 Å². The van der Waals surface area contributed by atoms with E-state index < -0.39 is 21.5 Å². The molecule has 0 spiro atoms. The summed E-state index contributed by atoms with van der Waals surface area (Å²) < 4.78 is 55.8. The van der Waals surface area contributed by atoms with Gasteiger partial charge in [0.1, 0.15) is 0 Å². The number of nitrogens with one attached hydrogen (secondary N) is 1. The molecule has 182 valence electrons. The Labute approximate surface area is 200 Å². The molecule has 2 aromatic carbocycles. The predicted octanol–water partition coefficient (Wildman–Crippen LogP) is 3.36. The fourth-order valence-electron chi connectivity index (χ4n) is 3.38. The van der Waals surface area contributed by atoms with Crippen LogP contribution in [0.5, 0.6) is 0 Å². The summed E-state index contributed by atoms with van der Waals surface area (Å²) >= 11 is 0. The van der Waals surface area contributed by atoms with Crippen molar-refractivity contribution in [1.29, 1.82) is 0 Å². The largest absolute Gasteiger partial charge is 0.327 e. The highest BCUT2D eigenvalue weighted by Crippen LogP contribution is 2.23. The van der Waals surface area contributed by atoms with E-state index in [1.807, 2.05) is 0 Å². The zero-order valence-electron chi connectivity index (χ0n) is 19.1. The molecule has 9 nitrogen and oxygen atoms in total. The molecule has 2 aromatic heterocycles. The third-order valence-electron chi connectivity index (χ3n) is 5.01. The molecule has 0 radical (unpaired) electrons. The number of alkyl halides is 2. The van der Waals surface area contributed by atoms with E-state index in [2.05, 4.69) is 15.5 Å². The summed E-state index contributed by atoms with van der Waals surface area (Å²) in [7, 11) is -0.816. The molecule has 0 atom stereocenters. The van der Waals surface area contributed by atoms with Gasteiger partial charge in [-0.1, -0.05) is 12.1 Å². The zero-order chi connectivity index (χ0) is 25.4. The number of rotatable bonds is 7. The number of sulfonamides is 1. The van der Waals surface area contributed by atoms with E-state index in [0.717, 1.165) is 11.2 Å². The lowest BCUT2D eigenvalue weighted by Crippen LogP contribution is -2.22. The molecule has 1 N–H and O–H groups in total. The SMILES string of the molecule is CN(C)S(=O)(=O)c1cccc(-n2nccc2-c2nn(-c3cccc(NC(C)(F)F)c3)ccc2=O)c1. The quantitative estimate of drug-likeness (QED) is 0.391. The van der Waals surface area contributed by atoms with Gasteiger partial charge in [-0.05, 0) is 42.5 Å². The molecule has 0 bridgehead atoms. The second kappa shape index (κ2) is 9.04. The summed E-state index contributed by atoms with van der Waals surface area (Å²) in [5.74, 6) is 0. The Morgan fingerprint density at radius 3 is 2.43 bits per heavy atom. The van der Waals surface area contributed by atoms with Crippen LogP contribution in [0.15, 0.2) is 82.7 Å². The van der Waals surface area contributed by atoms with Gasteiger partial charge in [0.15, 0.2) is 5.69 Å². The highest BCUT2D eigenvalue weighted by atomic mass is 32.2. The van der Waals surface area contributed by atoms with Crippen molar-refractivity contribution in [3.8, 4) is 22.8 Å². The number of anilines is 1. The van der Waals surface area contributed by atoms with Crippen molar-refractivity contribution in [1.82, 2.24) is 23.9 Å². The first kappa shape index (κ1) is 24.2. The fourth-order valence-corrected chi connectivity index (χ4v) is 4.33. The Bertz CT molecular complexity index is 1540. The topological polar surface area (TPSA) is 102 Å². The molecule has 2 heterocycles. The molecular weight excluding hydrogens is 478 g/mol. The van der Waals surface area contributed by atoms with Gasteiger partial charge in [0, 0.05) is 39.0 Å². The van der Waals surface area contributed by atoms with Crippen molar-refractivity contribution in [2.45, 2.75) is 17.9 Å². The standard InChI is InChI=1S/C23H22F2N6O3S/c1-23(24,25)27-16-6-4-7-17(14-16)30-13-11-21(32)22(28-30)20-10-12-26-31(20)18-8-5-9-19(15-18)35(33,34)29(2)3/h4-15,27H,1-3H3. The minimum Gasteiger partial charge on any atom is -0.327 e. The number of halogens is 2. The van der Waals surface area contributed by atoms with Crippen molar-refractivity contribution in [2.24, 2.45) is 0 Å². The van der Waals surface area contributed by atoms with E-state index in [4.69, 9.17) is 0 Å². The molecule has 0 amide bonds. The summed E-state index contributed by atoms with van der Waals surface area (Å²) in [6.45, 7) is 0.745. The van der Waals surface area contributed by atoms with Crippen molar-refractivity contribution >= 4 is 15.7 Å². The van der Waals surface area contributed by atoms with Crippen molar-refractivity contribution in [3.63, 3.8) is 0 Å². The summed E-state index contributed by atoms with van der Waals surface area (Å²) in [4.78, 5) is 12.8. The van der Waals surface area contributed by atoms with Crippen LogP contribution in [0, 0.1) is 0 Å². The number of nitrogens with zero attached hydrogens (tertiary/aromatic N) is 5. The van der Waals surface area contributed by atoms with E-state index in [1.165, 1.54) is 66.2 Å².